The number of rotatable bonds is 6. The number of carboxylic acids is 1. The third kappa shape index (κ3) is 3.68. The van der Waals surface area contributed by atoms with E-state index in [2.05, 4.69) is 0 Å². The Morgan fingerprint density at radius 1 is 1.37 bits per heavy atom. The molecule has 1 aliphatic heterocycles. The largest absolute Gasteiger partial charge is 0.491 e. The van der Waals surface area contributed by atoms with Gasteiger partial charge in [0, 0.05) is 6.61 Å². The summed E-state index contributed by atoms with van der Waals surface area (Å²) < 4.78 is 11.0. The Bertz CT molecular complexity index is 432. The summed E-state index contributed by atoms with van der Waals surface area (Å²) in [6.07, 6.45) is 0.879. The molecule has 0 spiro atoms. The second kappa shape index (κ2) is 6.54. The number of hydrogen-bond donors (Lipinski definition) is 2. The Labute approximate surface area is 111 Å². The molecule has 1 heterocycles. The average Bonchev–Trinajstić information content (AvgIpc) is 2.87. The van der Waals surface area contributed by atoms with Crippen LogP contribution in [0.4, 0.5) is 0 Å². The van der Waals surface area contributed by atoms with Crippen molar-refractivity contribution in [3.05, 3.63) is 29.8 Å². The predicted octanol–water partition coefficient (Wildman–Crippen LogP) is 1.23. The Morgan fingerprint density at radius 3 is 2.84 bits per heavy atom. The molecule has 5 nitrogen and oxygen atoms in total. The highest BCUT2D eigenvalue weighted by molar-refractivity contribution is 5.72. The maximum Gasteiger partial charge on any atom is 0.332 e. The fourth-order valence-electron chi connectivity index (χ4n) is 2.16. The molecule has 0 radical (unpaired) electrons. The number of benzene rings is 1. The van der Waals surface area contributed by atoms with Gasteiger partial charge in [-0.15, -0.1) is 0 Å². The maximum atomic E-state index is 10.8. The first-order chi connectivity index (χ1) is 9.20. The van der Waals surface area contributed by atoms with Crippen molar-refractivity contribution < 1.29 is 24.5 Å². The van der Waals surface area contributed by atoms with E-state index >= 15 is 0 Å². The second-order valence-electron chi connectivity index (χ2n) is 4.55. The van der Waals surface area contributed by atoms with Gasteiger partial charge >= 0.3 is 5.97 Å². The molecule has 1 aromatic rings. The Kier molecular flexibility index (Phi) is 4.76. The number of ether oxygens (including phenoxy) is 2. The summed E-state index contributed by atoms with van der Waals surface area (Å²) in [4.78, 5) is 10.8. The Hall–Kier alpha value is -1.59. The fraction of sp³-hybridized carbons (Fsp3) is 0.500. The smallest absolute Gasteiger partial charge is 0.332 e. The molecule has 19 heavy (non-hydrogen) atoms. The van der Waals surface area contributed by atoms with Gasteiger partial charge in [-0.1, -0.05) is 18.2 Å². The van der Waals surface area contributed by atoms with Gasteiger partial charge in [-0.3, -0.25) is 0 Å². The van der Waals surface area contributed by atoms with Crippen LogP contribution in [-0.2, 0) is 16.0 Å². The van der Waals surface area contributed by atoms with E-state index in [9.17, 15) is 4.79 Å². The van der Waals surface area contributed by atoms with E-state index in [1.54, 1.807) is 0 Å². The van der Waals surface area contributed by atoms with Crippen LogP contribution in [0.2, 0.25) is 0 Å². The quantitative estimate of drug-likeness (QED) is 0.810. The van der Waals surface area contributed by atoms with Crippen LogP contribution in [0.5, 0.6) is 5.75 Å². The van der Waals surface area contributed by atoms with Crippen molar-refractivity contribution in [2.45, 2.75) is 31.5 Å². The Balaban J connectivity index is 1.87. The van der Waals surface area contributed by atoms with Crippen LogP contribution >= 0.6 is 0 Å². The van der Waals surface area contributed by atoms with Gasteiger partial charge in [0.05, 0.1) is 6.10 Å². The predicted molar refractivity (Wildman–Crippen MR) is 68.3 cm³/mol. The van der Waals surface area contributed by atoms with E-state index in [-0.39, 0.29) is 12.7 Å². The standard InChI is InChI=1S/C14H18O5/c15-8-7-10-3-1-2-4-12(10)18-9-11-5-6-13(19-11)14(16)17/h1-4,11,13,15H,5-9H2,(H,16,17). The minimum Gasteiger partial charge on any atom is -0.491 e. The summed E-state index contributed by atoms with van der Waals surface area (Å²) in [6.45, 7) is 0.410. The van der Waals surface area contributed by atoms with Crippen molar-refractivity contribution in [2.75, 3.05) is 13.2 Å². The number of hydrogen-bond acceptors (Lipinski definition) is 4. The van der Waals surface area contributed by atoms with E-state index in [0.29, 0.717) is 25.9 Å². The molecule has 1 aromatic carbocycles. The van der Waals surface area contributed by atoms with Gasteiger partial charge in [0.2, 0.25) is 0 Å². The highest BCUT2D eigenvalue weighted by Gasteiger charge is 2.30. The third-order valence-corrected chi connectivity index (χ3v) is 3.16. The number of aliphatic hydroxyl groups excluding tert-OH is 1. The van der Waals surface area contributed by atoms with Crippen LogP contribution in [0.15, 0.2) is 24.3 Å². The molecule has 5 heteroatoms. The van der Waals surface area contributed by atoms with E-state index in [1.165, 1.54) is 0 Å². The SMILES string of the molecule is O=C(O)C1CCC(COc2ccccc2CCO)O1. The number of para-hydroxylation sites is 1. The lowest BCUT2D eigenvalue weighted by Crippen LogP contribution is -2.23. The zero-order valence-electron chi connectivity index (χ0n) is 10.6. The van der Waals surface area contributed by atoms with Crippen LogP contribution < -0.4 is 4.74 Å². The van der Waals surface area contributed by atoms with Crippen LogP contribution in [0.25, 0.3) is 0 Å². The van der Waals surface area contributed by atoms with Crippen LogP contribution in [-0.4, -0.2) is 41.6 Å². The summed E-state index contributed by atoms with van der Waals surface area (Å²) in [7, 11) is 0. The number of carbonyl (C=O) groups is 1. The first-order valence-electron chi connectivity index (χ1n) is 6.40. The van der Waals surface area contributed by atoms with E-state index in [0.717, 1.165) is 11.3 Å². The Morgan fingerprint density at radius 2 is 2.16 bits per heavy atom. The summed E-state index contributed by atoms with van der Waals surface area (Å²) in [5, 5.41) is 17.8. The number of carboxylic acid groups (broad SMARTS) is 1. The second-order valence-corrected chi connectivity index (χ2v) is 4.55. The van der Waals surface area contributed by atoms with E-state index in [1.807, 2.05) is 24.3 Å². The number of aliphatic hydroxyl groups is 1. The van der Waals surface area contributed by atoms with Gasteiger partial charge < -0.3 is 19.7 Å². The molecule has 0 saturated carbocycles. The van der Waals surface area contributed by atoms with Crippen LogP contribution in [0.1, 0.15) is 18.4 Å². The summed E-state index contributed by atoms with van der Waals surface area (Å²) >= 11 is 0. The summed E-state index contributed by atoms with van der Waals surface area (Å²) in [5.41, 5.74) is 0.942. The first-order valence-corrected chi connectivity index (χ1v) is 6.40. The fourth-order valence-corrected chi connectivity index (χ4v) is 2.16. The molecule has 2 rings (SSSR count). The molecule has 1 fully saturated rings. The molecule has 0 bridgehead atoms. The molecule has 2 atom stereocenters. The van der Waals surface area contributed by atoms with Crippen molar-refractivity contribution in [2.24, 2.45) is 0 Å². The van der Waals surface area contributed by atoms with Gasteiger partial charge in [0.25, 0.3) is 0 Å². The molecule has 2 N–H and O–H groups in total. The monoisotopic (exact) mass is 266 g/mol. The maximum absolute atomic E-state index is 10.8. The number of aliphatic carboxylic acids is 1. The molecule has 1 saturated heterocycles. The molecular formula is C14H18O5. The van der Waals surface area contributed by atoms with Crippen molar-refractivity contribution in [3.63, 3.8) is 0 Å². The van der Waals surface area contributed by atoms with Gasteiger partial charge in [0.15, 0.2) is 6.10 Å². The molecule has 0 aliphatic carbocycles. The van der Waals surface area contributed by atoms with Gasteiger partial charge in [-0.05, 0) is 30.9 Å². The molecule has 1 aliphatic rings. The first kappa shape index (κ1) is 13.8. The van der Waals surface area contributed by atoms with E-state index in [4.69, 9.17) is 19.7 Å². The molecule has 0 amide bonds. The normalized spacial score (nSPS) is 22.4. The average molecular weight is 266 g/mol. The third-order valence-electron chi connectivity index (χ3n) is 3.16. The lowest BCUT2D eigenvalue weighted by atomic mass is 10.1. The zero-order chi connectivity index (χ0) is 13.7. The van der Waals surface area contributed by atoms with Gasteiger partial charge in [0.1, 0.15) is 12.4 Å². The van der Waals surface area contributed by atoms with Crippen LogP contribution in [0.3, 0.4) is 0 Å². The highest BCUT2D eigenvalue weighted by atomic mass is 16.6. The summed E-state index contributed by atoms with van der Waals surface area (Å²) in [6, 6.07) is 7.51. The molecule has 2 unspecified atom stereocenters. The van der Waals surface area contributed by atoms with Crippen molar-refractivity contribution in [1.29, 1.82) is 0 Å². The molecular weight excluding hydrogens is 248 g/mol. The lowest BCUT2D eigenvalue weighted by molar-refractivity contribution is -0.149. The topological polar surface area (TPSA) is 76.0 Å². The van der Waals surface area contributed by atoms with E-state index < -0.39 is 12.1 Å². The minimum absolute atomic E-state index is 0.0708. The lowest BCUT2D eigenvalue weighted by Gasteiger charge is -2.15. The highest BCUT2D eigenvalue weighted by Crippen LogP contribution is 2.23. The van der Waals surface area contributed by atoms with Crippen molar-refractivity contribution >= 4 is 5.97 Å². The zero-order valence-corrected chi connectivity index (χ0v) is 10.6. The van der Waals surface area contributed by atoms with Gasteiger partial charge in [-0.2, -0.15) is 0 Å². The van der Waals surface area contributed by atoms with Crippen molar-refractivity contribution in [1.82, 2.24) is 0 Å². The van der Waals surface area contributed by atoms with Crippen LogP contribution in [0, 0.1) is 0 Å². The van der Waals surface area contributed by atoms with Gasteiger partial charge in [-0.25, -0.2) is 4.79 Å². The molecule has 0 aromatic heterocycles. The summed E-state index contributed by atoms with van der Waals surface area (Å²) in [5.74, 6) is -0.192. The molecule has 104 valence electrons. The van der Waals surface area contributed by atoms with Crippen molar-refractivity contribution in [3.8, 4) is 5.75 Å². The minimum atomic E-state index is -0.914.